The van der Waals surface area contributed by atoms with Gasteiger partial charge in [0, 0.05) is 17.7 Å². The van der Waals surface area contributed by atoms with Crippen LogP contribution in [0.4, 0.5) is 5.69 Å². The van der Waals surface area contributed by atoms with Gasteiger partial charge in [0.05, 0.1) is 12.0 Å². The molecule has 3 nitrogen and oxygen atoms in total. The number of benzene rings is 3. The summed E-state index contributed by atoms with van der Waals surface area (Å²) in [5, 5.41) is 2.38. The van der Waals surface area contributed by atoms with Crippen molar-refractivity contribution in [1.29, 1.82) is 0 Å². The molecule has 29 heavy (non-hydrogen) atoms. The highest BCUT2D eigenvalue weighted by Crippen LogP contribution is 2.55. The van der Waals surface area contributed by atoms with Gasteiger partial charge in [-0.25, -0.2) is 0 Å². The lowest BCUT2D eigenvalue weighted by molar-refractivity contribution is -0.118. The molecule has 2 aliphatic rings. The molecule has 0 aromatic heterocycles. The van der Waals surface area contributed by atoms with Gasteiger partial charge in [0.1, 0.15) is 5.75 Å². The highest BCUT2D eigenvalue weighted by molar-refractivity contribution is 5.94. The van der Waals surface area contributed by atoms with Gasteiger partial charge in [0.25, 0.3) is 0 Å². The lowest BCUT2D eigenvalue weighted by atomic mass is 9.76. The van der Waals surface area contributed by atoms with Crippen LogP contribution in [0.5, 0.6) is 5.75 Å². The highest BCUT2D eigenvalue weighted by Gasteiger charge is 2.59. The summed E-state index contributed by atoms with van der Waals surface area (Å²) in [5.74, 6) is 1.07. The van der Waals surface area contributed by atoms with Crippen molar-refractivity contribution < 1.29 is 9.53 Å². The van der Waals surface area contributed by atoms with Crippen LogP contribution in [0.25, 0.3) is 16.8 Å². The second kappa shape index (κ2) is 6.21. The maximum Gasteiger partial charge on any atom is 0.212 e. The Kier molecular flexibility index (Phi) is 3.86. The fraction of sp³-hybridized carbons (Fsp3) is 0.269. The number of hydrogen-bond acceptors (Lipinski definition) is 3. The molecule has 3 aromatic carbocycles. The Hall–Kier alpha value is -3.07. The first-order valence-corrected chi connectivity index (χ1v) is 10.3. The Morgan fingerprint density at radius 1 is 1.00 bits per heavy atom. The number of para-hydroxylation sites is 1. The molecule has 3 heteroatoms. The lowest BCUT2D eigenvalue weighted by Gasteiger charge is -2.47. The van der Waals surface area contributed by atoms with Crippen molar-refractivity contribution >= 4 is 28.3 Å². The van der Waals surface area contributed by atoms with Gasteiger partial charge < -0.3 is 9.64 Å². The van der Waals surface area contributed by atoms with E-state index in [0.29, 0.717) is 13.0 Å². The van der Waals surface area contributed by atoms with E-state index in [1.165, 1.54) is 16.3 Å². The van der Waals surface area contributed by atoms with Crippen molar-refractivity contribution in [1.82, 2.24) is 0 Å². The number of ether oxygens (including phenoxy) is 1. The average molecular weight is 383 g/mol. The first kappa shape index (κ1) is 18.0. The van der Waals surface area contributed by atoms with E-state index in [1.807, 2.05) is 13.0 Å². The van der Waals surface area contributed by atoms with E-state index in [2.05, 4.69) is 85.5 Å². The van der Waals surface area contributed by atoms with Crippen LogP contribution in [-0.4, -0.2) is 18.1 Å². The third kappa shape index (κ3) is 2.40. The van der Waals surface area contributed by atoms with E-state index in [4.69, 9.17) is 4.74 Å². The smallest absolute Gasteiger partial charge is 0.212 e. The molecule has 0 bridgehead atoms. The number of hydrogen-bond donors (Lipinski definition) is 0. The molecule has 2 heterocycles. The van der Waals surface area contributed by atoms with Crippen molar-refractivity contribution in [2.45, 2.75) is 38.3 Å². The van der Waals surface area contributed by atoms with E-state index in [0.717, 1.165) is 17.0 Å². The van der Waals surface area contributed by atoms with Gasteiger partial charge in [0.2, 0.25) is 5.72 Å². The number of fused-ring (bicyclic) bond motifs is 4. The summed E-state index contributed by atoms with van der Waals surface area (Å²) in [6, 6.07) is 20.9. The van der Waals surface area contributed by atoms with E-state index in [-0.39, 0.29) is 11.2 Å². The van der Waals surface area contributed by atoms with Crippen LogP contribution in [0.2, 0.25) is 0 Å². The predicted molar refractivity (Wildman–Crippen MR) is 118 cm³/mol. The zero-order valence-electron chi connectivity index (χ0n) is 17.1. The van der Waals surface area contributed by atoms with Crippen molar-refractivity contribution in [3.05, 3.63) is 77.9 Å². The number of ketones is 1. The molecule has 1 unspecified atom stereocenters. The molecule has 2 aliphatic heterocycles. The van der Waals surface area contributed by atoms with Crippen molar-refractivity contribution in [2.75, 3.05) is 11.4 Å². The van der Waals surface area contributed by atoms with Crippen molar-refractivity contribution in [3.63, 3.8) is 0 Å². The Bertz CT molecular complexity index is 1160. The number of anilines is 1. The number of carbonyl (C=O) groups excluding carboxylic acids is 1. The Morgan fingerprint density at radius 2 is 1.76 bits per heavy atom. The largest absolute Gasteiger partial charge is 0.463 e. The molecule has 146 valence electrons. The molecule has 0 N–H and O–H groups in total. The fourth-order valence-corrected chi connectivity index (χ4v) is 4.85. The Balaban J connectivity index is 1.70. The fourth-order valence-electron chi connectivity index (χ4n) is 4.85. The monoisotopic (exact) mass is 383 g/mol. The quantitative estimate of drug-likeness (QED) is 0.579. The topological polar surface area (TPSA) is 29.5 Å². The minimum Gasteiger partial charge on any atom is -0.463 e. The van der Waals surface area contributed by atoms with Gasteiger partial charge in [-0.1, -0.05) is 55.5 Å². The van der Waals surface area contributed by atoms with Gasteiger partial charge in [-0.2, -0.15) is 0 Å². The summed E-state index contributed by atoms with van der Waals surface area (Å²) in [5.41, 5.74) is 2.32. The van der Waals surface area contributed by atoms with Crippen molar-refractivity contribution in [3.8, 4) is 5.75 Å². The summed E-state index contributed by atoms with van der Waals surface area (Å²) < 4.78 is 6.83. The van der Waals surface area contributed by atoms with Gasteiger partial charge in [-0.15, -0.1) is 0 Å². The van der Waals surface area contributed by atoms with E-state index in [9.17, 15) is 4.79 Å². The molecule has 1 spiro atoms. The number of carbonyl (C=O) groups is 1. The normalized spacial score (nSPS) is 21.1. The zero-order chi connectivity index (χ0) is 20.2. The van der Waals surface area contributed by atoms with Gasteiger partial charge in [0.15, 0.2) is 5.78 Å². The third-order valence-electron chi connectivity index (χ3n) is 6.57. The molecule has 3 aromatic rings. The number of rotatable bonds is 3. The molecule has 0 aliphatic carbocycles. The lowest BCUT2D eigenvalue weighted by Crippen LogP contribution is -2.60. The second-order valence-electron chi connectivity index (χ2n) is 8.45. The van der Waals surface area contributed by atoms with Crippen LogP contribution in [0.15, 0.2) is 66.7 Å². The van der Waals surface area contributed by atoms with E-state index >= 15 is 0 Å². The molecule has 0 amide bonds. The third-order valence-corrected chi connectivity index (χ3v) is 6.57. The molecular weight excluding hydrogens is 358 g/mol. The minimum atomic E-state index is -0.739. The van der Waals surface area contributed by atoms with Crippen LogP contribution in [0.3, 0.4) is 0 Å². The Labute approximate surface area is 171 Å². The molecule has 0 saturated carbocycles. The summed E-state index contributed by atoms with van der Waals surface area (Å²) in [7, 11) is 0. The maximum atomic E-state index is 12.5. The van der Waals surface area contributed by atoms with Crippen molar-refractivity contribution in [2.24, 2.45) is 0 Å². The zero-order valence-corrected chi connectivity index (χ0v) is 17.1. The summed E-state index contributed by atoms with van der Waals surface area (Å²) in [6.45, 7) is 6.67. The number of Topliss-reactive ketones (excluding diaryl/α,β-unsaturated/α-hetero) is 1. The average Bonchev–Trinajstić information content (AvgIpc) is 2.92. The molecule has 1 atom stereocenters. The minimum absolute atomic E-state index is 0.207. The SMILES string of the molecule is CCC(=O)CN1c2ccccc2C(C)(C)C12C=Cc1c(ccc3ccccc13)O2. The Morgan fingerprint density at radius 3 is 2.59 bits per heavy atom. The summed E-state index contributed by atoms with van der Waals surface area (Å²) >= 11 is 0. The molecule has 0 fully saturated rings. The van der Waals surface area contributed by atoms with Crippen LogP contribution >= 0.6 is 0 Å². The van der Waals surface area contributed by atoms with Crippen LogP contribution in [-0.2, 0) is 10.2 Å². The van der Waals surface area contributed by atoms with Gasteiger partial charge in [-0.3, -0.25) is 4.79 Å². The van der Waals surface area contributed by atoms with Crippen LogP contribution in [0.1, 0.15) is 38.3 Å². The van der Waals surface area contributed by atoms with Crippen LogP contribution in [0, 0.1) is 0 Å². The predicted octanol–water partition coefficient (Wildman–Crippen LogP) is 5.72. The van der Waals surface area contributed by atoms with Gasteiger partial charge >= 0.3 is 0 Å². The maximum absolute atomic E-state index is 12.5. The second-order valence-corrected chi connectivity index (χ2v) is 8.45. The van der Waals surface area contributed by atoms with E-state index < -0.39 is 5.72 Å². The highest BCUT2D eigenvalue weighted by atomic mass is 16.5. The van der Waals surface area contributed by atoms with E-state index in [1.54, 1.807) is 0 Å². The summed E-state index contributed by atoms with van der Waals surface area (Å²) in [6.07, 6.45) is 4.85. The summed E-state index contributed by atoms with van der Waals surface area (Å²) in [4.78, 5) is 14.7. The standard InChI is InChI=1S/C26H25NO2/c1-4-19(28)17-27-23-12-8-7-11-22(23)25(2,3)26(27)16-15-21-20-10-6-5-9-18(20)13-14-24(21)29-26/h5-16H,4,17H2,1-3H3. The molecule has 0 saturated heterocycles. The first-order chi connectivity index (χ1) is 14.0. The molecular formula is C26H25NO2. The first-order valence-electron chi connectivity index (χ1n) is 10.3. The molecule has 0 radical (unpaired) electrons. The molecule has 5 rings (SSSR count). The van der Waals surface area contributed by atoms with Gasteiger partial charge in [-0.05, 0) is 54.5 Å². The van der Waals surface area contributed by atoms with Crippen LogP contribution < -0.4 is 9.64 Å². The number of nitrogens with zero attached hydrogens (tertiary/aromatic N) is 1.